The van der Waals surface area contributed by atoms with Gasteiger partial charge in [-0.15, -0.1) is 0 Å². The molecule has 0 radical (unpaired) electrons. The number of halogens is 2. The highest BCUT2D eigenvalue weighted by atomic mass is 19.1. The second-order valence-corrected chi connectivity index (χ2v) is 7.93. The molecule has 0 saturated carbocycles. The lowest BCUT2D eigenvalue weighted by atomic mass is 9.90. The Kier molecular flexibility index (Phi) is 5.75. The van der Waals surface area contributed by atoms with Crippen molar-refractivity contribution < 1.29 is 22.7 Å². The summed E-state index contributed by atoms with van der Waals surface area (Å²) >= 11 is 0. The van der Waals surface area contributed by atoms with E-state index in [1.54, 1.807) is 24.6 Å². The summed E-state index contributed by atoms with van der Waals surface area (Å²) in [5.74, 6) is -0.468. The number of rotatable bonds is 4. The molecule has 4 rings (SSSR count). The number of amides is 1. The van der Waals surface area contributed by atoms with Crippen LogP contribution >= 0.6 is 0 Å². The van der Waals surface area contributed by atoms with Gasteiger partial charge in [-0.3, -0.25) is 4.79 Å². The van der Waals surface area contributed by atoms with Gasteiger partial charge in [0.05, 0.1) is 11.6 Å². The molecule has 2 aliphatic rings. The zero-order valence-electron chi connectivity index (χ0n) is 17.5. The summed E-state index contributed by atoms with van der Waals surface area (Å²) in [5.41, 5.74) is 1.54. The number of hydrogen-bond acceptors (Lipinski definition) is 5. The van der Waals surface area contributed by atoms with Crippen molar-refractivity contribution in [2.45, 2.75) is 44.6 Å². The van der Waals surface area contributed by atoms with Crippen LogP contribution < -0.4 is 4.57 Å². The number of carbonyl (C=O) groups is 1. The summed E-state index contributed by atoms with van der Waals surface area (Å²) in [6, 6.07) is 3.00. The molecule has 0 aliphatic carbocycles. The topological polar surface area (TPSA) is 75.5 Å². The van der Waals surface area contributed by atoms with Crippen molar-refractivity contribution in [3.05, 3.63) is 54.0 Å². The van der Waals surface area contributed by atoms with Crippen molar-refractivity contribution in [3.63, 3.8) is 0 Å². The average molecular weight is 428 g/mol. The zero-order valence-corrected chi connectivity index (χ0v) is 17.5. The number of hydrogen-bond donors (Lipinski definition) is 0. The predicted molar refractivity (Wildman–Crippen MR) is 109 cm³/mol. The van der Waals surface area contributed by atoms with Gasteiger partial charge in [0.2, 0.25) is 18.1 Å². The number of carbonyl (C=O) groups excluding carboxylic acids is 1. The maximum absolute atomic E-state index is 13.6. The van der Waals surface area contributed by atoms with Crippen molar-refractivity contribution in [2.75, 3.05) is 6.54 Å². The molecule has 1 amide bonds. The number of aliphatic imine (C=N–C) groups is 1. The first-order valence-electron chi connectivity index (χ1n) is 10.2. The number of fused-ring (bicyclic) bond motifs is 1. The van der Waals surface area contributed by atoms with Crippen LogP contribution in [-0.4, -0.2) is 39.5 Å². The monoisotopic (exact) mass is 428 g/mol. The Hall–Kier alpha value is -3.23. The SMILES string of the molecule is C=CC(F)=NC1=C(C)C(=O)N2CC(c3nc(-c4ccc(F)c[n+]4C)no3)CCC2CC1. The smallest absolute Gasteiger partial charge is 0.267 e. The van der Waals surface area contributed by atoms with Crippen molar-refractivity contribution >= 4 is 11.9 Å². The number of aryl methyl sites for hydroxylation is 1. The molecule has 1 saturated heterocycles. The Balaban J connectivity index is 1.56. The second-order valence-electron chi connectivity index (χ2n) is 7.93. The first kappa shape index (κ1) is 21.0. The van der Waals surface area contributed by atoms with E-state index in [-0.39, 0.29) is 23.7 Å². The first-order chi connectivity index (χ1) is 14.9. The molecule has 0 spiro atoms. The molecule has 2 atom stereocenters. The maximum Gasteiger partial charge on any atom is 0.267 e. The second kappa shape index (κ2) is 8.49. The van der Waals surface area contributed by atoms with Crippen molar-refractivity contribution in [3.8, 4) is 11.5 Å². The van der Waals surface area contributed by atoms with Gasteiger partial charge in [-0.2, -0.15) is 13.9 Å². The summed E-state index contributed by atoms with van der Waals surface area (Å²) < 4.78 is 34.1. The van der Waals surface area contributed by atoms with Crippen LogP contribution in [0.4, 0.5) is 8.78 Å². The summed E-state index contributed by atoms with van der Waals surface area (Å²) in [7, 11) is 1.71. The molecule has 162 valence electrons. The molecule has 2 aliphatic heterocycles. The van der Waals surface area contributed by atoms with Crippen molar-refractivity contribution in [1.29, 1.82) is 0 Å². The molecule has 0 bridgehead atoms. The van der Waals surface area contributed by atoms with Crippen LogP contribution in [0.2, 0.25) is 0 Å². The summed E-state index contributed by atoms with van der Waals surface area (Å²) in [6.45, 7) is 5.50. The molecular formula is C22H24F2N5O2+. The van der Waals surface area contributed by atoms with Crippen LogP contribution in [0.3, 0.4) is 0 Å². The van der Waals surface area contributed by atoms with E-state index in [1.807, 2.05) is 4.90 Å². The van der Waals surface area contributed by atoms with Gasteiger partial charge in [0.25, 0.3) is 17.4 Å². The molecule has 2 unspecified atom stereocenters. The largest absolute Gasteiger partial charge is 0.338 e. The number of nitrogens with zero attached hydrogens (tertiary/aromatic N) is 5. The number of aromatic nitrogens is 3. The minimum Gasteiger partial charge on any atom is -0.338 e. The van der Waals surface area contributed by atoms with E-state index in [1.165, 1.54) is 12.3 Å². The van der Waals surface area contributed by atoms with Crippen LogP contribution in [0.1, 0.15) is 44.4 Å². The molecule has 0 aromatic carbocycles. The van der Waals surface area contributed by atoms with Gasteiger partial charge in [0.1, 0.15) is 7.05 Å². The molecule has 31 heavy (non-hydrogen) atoms. The number of piperidine rings is 1. The molecule has 2 aromatic rings. The highest BCUT2D eigenvalue weighted by Crippen LogP contribution is 2.35. The Labute approximate surface area is 178 Å². The Bertz CT molecular complexity index is 1090. The minimum absolute atomic E-state index is 0.0653. The van der Waals surface area contributed by atoms with Gasteiger partial charge in [0.15, 0.2) is 5.82 Å². The lowest BCUT2D eigenvalue weighted by Crippen LogP contribution is -2.45. The third-order valence-corrected chi connectivity index (χ3v) is 5.96. The van der Waals surface area contributed by atoms with E-state index in [9.17, 15) is 13.6 Å². The maximum atomic E-state index is 13.6. The third kappa shape index (κ3) is 4.17. The molecular weight excluding hydrogens is 404 g/mol. The van der Waals surface area contributed by atoms with Gasteiger partial charge in [-0.05, 0) is 44.7 Å². The van der Waals surface area contributed by atoms with Crippen molar-refractivity contribution in [2.24, 2.45) is 12.0 Å². The summed E-state index contributed by atoms with van der Waals surface area (Å²) in [5, 5.41) is 4.05. The Morgan fingerprint density at radius 2 is 2.19 bits per heavy atom. The minimum atomic E-state index is -0.688. The van der Waals surface area contributed by atoms with Gasteiger partial charge >= 0.3 is 0 Å². The highest BCUT2D eigenvalue weighted by Gasteiger charge is 2.37. The van der Waals surface area contributed by atoms with Crippen LogP contribution in [0.25, 0.3) is 11.5 Å². The van der Waals surface area contributed by atoms with E-state index < -0.39 is 5.97 Å². The lowest BCUT2D eigenvalue weighted by Gasteiger charge is -2.37. The van der Waals surface area contributed by atoms with Crippen LogP contribution in [0.5, 0.6) is 0 Å². The molecule has 7 nitrogen and oxygen atoms in total. The molecule has 9 heteroatoms. The zero-order chi connectivity index (χ0) is 22.1. The quantitative estimate of drug-likeness (QED) is 0.553. The molecule has 1 fully saturated rings. The fraction of sp³-hybridized carbons (Fsp3) is 0.409. The molecule has 0 N–H and O–H groups in total. The van der Waals surface area contributed by atoms with Crippen LogP contribution in [0, 0.1) is 5.82 Å². The fourth-order valence-corrected chi connectivity index (χ4v) is 4.23. The molecule has 4 heterocycles. The lowest BCUT2D eigenvalue weighted by molar-refractivity contribution is -0.662. The van der Waals surface area contributed by atoms with Crippen LogP contribution in [0.15, 0.2) is 51.8 Å². The Morgan fingerprint density at radius 1 is 1.39 bits per heavy atom. The molecule has 2 aromatic heterocycles. The van der Waals surface area contributed by atoms with E-state index >= 15 is 0 Å². The van der Waals surface area contributed by atoms with Crippen LogP contribution in [-0.2, 0) is 11.8 Å². The fourth-order valence-electron chi connectivity index (χ4n) is 4.23. The van der Waals surface area contributed by atoms with Gasteiger partial charge in [-0.1, -0.05) is 11.7 Å². The van der Waals surface area contributed by atoms with Gasteiger partial charge in [0, 0.05) is 24.2 Å². The van der Waals surface area contributed by atoms with Gasteiger partial charge in [-0.25, -0.2) is 9.38 Å². The standard InChI is InChI=1S/C22H24F2N5O2/c1-4-19(24)25-17-9-8-16-7-5-14(11-29(16)22(30)13(17)2)21-26-20(27-31-21)18-10-6-15(23)12-28(18)3/h4,6,10,12,14,16H,1,5,7-9,11H2,2-3H3/q+1. The van der Waals surface area contributed by atoms with E-state index in [4.69, 9.17) is 4.52 Å². The number of pyridine rings is 1. The van der Waals surface area contributed by atoms with E-state index in [2.05, 4.69) is 21.7 Å². The normalized spacial score (nSPS) is 22.4. The summed E-state index contributed by atoms with van der Waals surface area (Å²) in [6.07, 6.45) is 5.22. The third-order valence-electron chi connectivity index (χ3n) is 5.96. The van der Waals surface area contributed by atoms with E-state index in [0.717, 1.165) is 25.3 Å². The van der Waals surface area contributed by atoms with Crippen molar-refractivity contribution in [1.82, 2.24) is 15.0 Å². The van der Waals surface area contributed by atoms with E-state index in [0.29, 0.717) is 41.6 Å². The Morgan fingerprint density at radius 3 is 2.94 bits per heavy atom. The number of allylic oxidation sites excluding steroid dienone is 2. The first-order valence-corrected chi connectivity index (χ1v) is 10.2. The predicted octanol–water partition coefficient (Wildman–Crippen LogP) is 3.40. The highest BCUT2D eigenvalue weighted by molar-refractivity contribution is 5.95. The van der Waals surface area contributed by atoms with Gasteiger partial charge < -0.3 is 9.42 Å². The summed E-state index contributed by atoms with van der Waals surface area (Å²) in [4.78, 5) is 23.3. The average Bonchev–Trinajstić information content (AvgIpc) is 3.21.